The lowest BCUT2D eigenvalue weighted by atomic mass is 9.97. The molecule has 2 aromatic carbocycles. The van der Waals surface area contributed by atoms with E-state index in [2.05, 4.69) is 24.5 Å². The normalized spacial score (nSPS) is 13.8. The summed E-state index contributed by atoms with van der Waals surface area (Å²) in [6, 6.07) is 8.18. The lowest BCUT2D eigenvalue weighted by Crippen LogP contribution is -2.56. The third-order valence-electron chi connectivity index (χ3n) is 6.27. The van der Waals surface area contributed by atoms with Crippen molar-refractivity contribution >= 4 is 35.2 Å². The minimum absolute atomic E-state index is 0.00424. The Bertz CT molecular complexity index is 1140. The molecule has 0 aliphatic heterocycles. The van der Waals surface area contributed by atoms with Crippen LogP contribution in [0.15, 0.2) is 42.5 Å². The minimum atomic E-state index is -1.37. The first-order valence-corrected chi connectivity index (χ1v) is 13.8. The number of rotatable bonds is 11. The maximum atomic E-state index is 14.1. The Balaban J connectivity index is 2.60. The van der Waals surface area contributed by atoms with Crippen molar-refractivity contribution in [2.45, 2.75) is 85.0 Å². The number of carbonyl (C=O) groups is 3. The Kier molecular flexibility index (Phi) is 11.8. The van der Waals surface area contributed by atoms with E-state index >= 15 is 0 Å². The molecular weight excluding hydrogens is 534 g/mol. The van der Waals surface area contributed by atoms with Crippen LogP contribution in [-0.2, 0) is 14.3 Å². The molecule has 9 nitrogen and oxygen atoms in total. The lowest BCUT2D eigenvalue weighted by Gasteiger charge is -2.38. The number of aromatic hydroxyl groups is 1. The summed E-state index contributed by atoms with van der Waals surface area (Å²) in [4.78, 5) is 42.0. The SMILES string of the molecule is Cc1cccc(Cl)c1NC(=O)C(c1ccc(O)cc1)N(C(=O)C(CO)NC(=O)OC(C)(C)C)C(C)CCC(C)C. The van der Waals surface area contributed by atoms with Gasteiger partial charge in [0.2, 0.25) is 5.91 Å². The van der Waals surface area contributed by atoms with Crippen LogP contribution >= 0.6 is 11.6 Å². The number of nitrogens with one attached hydrogen (secondary N) is 2. The number of anilines is 1. The fraction of sp³-hybridized carbons (Fsp3) is 0.500. The summed E-state index contributed by atoms with van der Waals surface area (Å²) in [7, 11) is 0. The molecule has 40 heavy (non-hydrogen) atoms. The molecule has 4 N–H and O–H groups in total. The van der Waals surface area contributed by atoms with Gasteiger partial charge in [-0.1, -0.05) is 49.7 Å². The molecule has 3 amide bonds. The maximum Gasteiger partial charge on any atom is 0.408 e. The van der Waals surface area contributed by atoms with E-state index < -0.39 is 48.2 Å². The molecule has 0 radical (unpaired) electrons. The molecule has 3 atom stereocenters. The summed E-state index contributed by atoms with van der Waals surface area (Å²) in [5.74, 6) is -0.871. The molecule has 0 fully saturated rings. The van der Waals surface area contributed by atoms with E-state index in [-0.39, 0.29) is 5.75 Å². The number of ether oxygens (including phenoxy) is 1. The molecule has 2 rings (SSSR count). The summed E-state index contributed by atoms with van der Waals surface area (Å²) < 4.78 is 5.30. The van der Waals surface area contributed by atoms with Crippen molar-refractivity contribution in [1.29, 1.82) is 0 Å². The van der Waals surface area contributed by atoms with E-state index in [1.807, 2.05) is 6.92 Å². The first-order chi connectivity index (χ1) is 18.6. The van der Waals surface area contributed by atoms with Gasteiger partial charge in [-0.05, 0) is 82.7 Å². The molecule has 0 aromatic heterocycles. The van der Waals surface area contributed by atoms with Crippen molar-refractivity contribution in [2.75, 3.05) is 11.9 Å². The zero-order chi connectivity index (χ0) is 30.2. The van der Waals surface area contributed by atoms with Crippen LogP contribution in [0, 0.1) is 12.8 Å². The van der Waals surface area contributed by atoms with Crippen molar-refractivity contribution in [1.82, 2.24) is 10.2 Å². The van der Waals surface area contributed by atoms with E-state index in [0.29, 0.717) is 28.6 Å². The highest BCUT2D eigenvalue weighted by atomic mass is 35.5. The topological polar surface area (TPSA) is 128 Å². The second-order valence-corrected chi connectivity index (χ2v) is 11.8. The standard InChI is InChI=1S/C30H42ClN3O6/c1-18(2)11-12-20(4)34(28(38)24(17-35)32-29(39)40-30(5,6)7)26(21-13-15-22(36)16-14-21)27(37)33-25-19(3)9-8-10-23(25)31/h8-10,13-16,18,20,24,26,35-36H,11-12,17H2,1-7H3,(H,32,39)(H,33,37). The first kappa shape index (κ1) is 32.9. The van der Waals surface area contributed by atoms with Gasteiger partial charge < -0.3 is 30.5 Å². The quantitative estimate of drug-likeness (QED) is 0.277. The second kappa shape index (κ2) is 14.4. The number of hydrogen-bond donors (Lipinski definition) is 4. The fourth-order valence-corrected chi connectivity index (χ4v) is 4.47. The predicted octanol–water partition coefficient (Wildman–Crippen LogP) is 5.57. The number of halogens is 1. The Hall–Kier alpha value is -3.30. The molecule has 0 bridgehead atoms. The van der Waals surface area contributed by atoms with E-state index in [0.717, 1.165) is 12.0 Å². The summed E-state index contributed by atoms with van der Waals surface area (Å²) in [6.07, 6.45) is 0.454. The monoisotopic (exact) mass is 575 g/mol. The first-order valence-electron chi connectivity index (χ1n) is 13.4. The summed E-state index contributed by atoms with van der Waals surface area (Å²) in [6.45, 7) is 12.1. The fourth-order valence-electron chi connectivity index (χ4n) is 4.20. The number of carbonyl (C=O) groups excluding carboxylic acids is 3. The van der Waals surface area contributed by atoms with Crippen LogP contribution in [-0.4, -0.2) is 57.3 Å². The molecular formula is C30H42ClN3O6. The maximum absolute atomic E-state index is 14.1. The molecule has 0 spiro atoms. The lowest BCUT2D eigenvalue weighted by molar-refractivity contribution is -0.144. The molecule has 0 saturated heterocycles. The van der Waals surface area contributed by atoms with Crippen molar-refractivity contribution in [3.8, 4) is 5.75 Å². The van der Waals surface area contributed by atoms with Crippen molar-refractivity contribution in [3.05, 3.63) is 58.6 Å². The zero-order valence-electron chi connectivity index (χ0n) is 24.3. The highest BCUT2D eigenvalue weighted by Gasteiger charge is 2.39. The smallest absolute Gasteiger partial charge is 0.408 e. The number of benzene rings is 2. The average Bonchev–Trinajstić information content (AvgIpc) is 2.85. The average molecular weight is 576 g/mol. The van der Waals surface area contributed by atoms with Crippen LogP contribution in [0.5, 0.6) is 5.75 Å². The van der Waals surface area contributed by atoms with Gasteiger partial charge in [0.05, 0.1) is 17.3 Å². The van der Waals surface area contributed by atoms with E-state index in [1.165, 1.54) is 17.0 Å². The molecule has 2 aromatic rings. The van der Waals surface area contributed by atoms with E-state index in [1.54, 1.807) is 58.0 Å². The Morgan fingerprint density at radius 1 is 1.02 bits per heavy atom. The third kappa shape index (κ3) is 9.41. The molecule has 10 heteroatoms. The summed E-state index contributed by atoms with van der Waals surface area (Å²) >= 11 is 6.39. The number of hydrogen-bond acceptors (Lipinski definition) is 6. The van der Waals surface area contributed by atoms with Gasteiger partial charge in [0.15, 0.2) is 0 Å². The Morgan fingerprint density at radius 3 is 2.17 bits per heavy atom. The van der Waals surface area contributed by atoms with Crippen LogP contribution in [0.25, 0.3) is 0 Å². The largest absolute Gasteiger partial charge is 0.508 e. The number of phenolic OH excluding ortho intramolecular Hbond substituents is 1. The van der Waals surface area contributed by atoms with Gasteiger partial charge in [-0.25, -0.2) is 4.79 Å². The van der Waals surface area contributed by atoms with Crippen LogP contribution in [0.2, 0.25) is 5.02 Å². The van der Waals surface area contributed by atoms with Crippen LogP contribution in [0.3, 0.4) is 0 Å². The van der Waals surface area contributed by atoms with Gasteiger partial charge in [-0.3, -0.25) is 9.59 Å². The highest BCUT2D eigenvalue weighted by Crippen LogP contribution is 2.32. The van der Waals surface area contributed by atoms with Gasteiger partial charge in [-0.15, -0.1) is 0 Å². The molecule has 0 saturated carbocycles. The number of amides is 3. The summed E-state index contributed by atoms with van der Waals surface area (Å²) in [5, 5.41) is 25.7. The number of aliphatic hydroxyl groups is 1. The summed E-state index contributed by atoms with van der Waals surface area (Å²) in [5.41, 5.74) is 0.749. The Morgan fingerprint density at radius 2 is 1.65 bits per heavy atom. The van der Waals surface area contributed by atoms with Crippen LogP contribution in [0.1, 0.15) is 71.6 Å². The van der Waals surface area contributed by atoms with Crippen molar-refractivity contribution in [2.24, 2.45) is 5.92 Å². The third-order valence-corrected chi connectivity index (χ3v) is 6.58. The molecule has 0 heterocycles. The van der Waals surface area contributed by atoms with Gasteiger partial charge in [0, 0.05) is 6.04 Å². The molecule has 0 aliphatic carbocycles. The number of phenols is 1. The van der Waals surface area contributed by atoms with Gasteiger partial charge in [-0.2, -0.15) is 0 Å². The predicted molar refractivity (Wildman–Crippen MR) is 156 cm³/mol. The minimum Gasteiger partial charge on any atom is -0.508 e. The molecule has 220 valence electrons. The number of para-hydroxylation sites is 1. The highest BCUT2D eigenvalue weighted by molar-refractivity contribution is 6.34. The number of aliphatic hydroxyl groups excluding tert-OH is 1. The second-order valence-electron chi connectivity index (χ2n) is 11.4. The Labute approximate surface area is 241 Å². The zero-order valence-corrected chi connectivity index (χ0v) is 25.1. The van der Waals surface area contributed by atoms with E-state index in [9.17, 15) is 24.6 Å². The number of nitrogens with zero attached hydrogens (tertiary/aromatic N) is 1. The van der Waals surface area contributed by atoms with Gasteiger partial charge >= 0.3 is 6.09 Å². The van der Waals surface area contributed by atoms with Gasteiger partial charge in [0.25, 0.3) is 5.91 Å². The van der Waals surface area contributed by atoms with E-state index in [4.69, 9.17) is 16.3 Å². The molecule has 0 aliphatic rings. The molecule has 3 unspecified atom stereocenters. The number of aryl methyl sites for hydroxylation is 1. The van der Waals surface area contributed by atoms with Gasteiger partial charge in [0.1, 0.15) is 23.4 Å². The van der Waals surface area contributed by atoms with Crippen LogP contribution < -0.4 is 10.6 Å². The van der Waals surface area contributed by atoms with Crippen LogP contribution in [0.4, 0.5) is 10.5 Å². The van der Waals surface area contributed by atoms with Crippen molar-refractivity contribution in [3.63, 3.8) is 0 Å². The van der Waals surface area contributed by atoms with Crippen molar-refractivity contribution < 1.29 is 29.3 Å². The number of alkyl carbamates (subject to hydrolysis) is 1.